The van der Waals surface area contributed by atoms with Crippen LogP contribution in [-0.2, 0) is 47.4 Å². The Hall–Kier alpha value is -4.25. The number of phosphoric acid groups is 1. The standard InChI is InChI=1S/C27H50N9O14P/c1-11(8-37)29-21(40)13(3)31-22(41)14(4)33-26(45)18(9-38)35-24(43)17(7)32-23(42)15(5)34-27(46)19(10-50-51(47,48)49)36-25(44)16(6)30-20(39)12(2)28/h11-19,37-38H,8-10,28H2,1-7H3,(H,29,40)(H,30,39)(H,31,41)(H,32,42)(H,33,45)(H,34,46)(H,35,43)(H,36,44)(H2,47,48,49)/t11-,12+,13+,14+,15+,16+,17+,18+,19+/m1/s1. The normalized spacial score (nSPS) is 16.5. The second-order valence-corrected chi connectivity index (χ2v) is 12.9. The fourth-order valence-electron chi connectivity index (χ4n) is 3.53. The molecule has 0 aromatic heterocycles. The van der Waals surface area contributed by atoms with Crippen molar-refractivity contribution in [1.29, 1.82) is 0 Å². The Bertz CT molecular complexity index is 1310. The minimum absolute atomic E-state index is 0.328. The maximum absolute atomic E-state index is 12.9. The fourth-order valence-corrected chi connectivity index (χ4v) is 3.88. The van der Waals surface area contributed by atoms with Crippen LogP contribution in [-0.4, -0.2) is 141 Å². The van der Waals surface area contributed by atoms with E-state index in [2.05, 4.69) is 47.1 Å². The molecule has 0 radical (unpaired) electrons. The molecule has 0 saturated carbocycles. The molecule has 0 rings (SSSR count). The van der Waals surface area contributed by atoms with Gasteiger partial charge in [-0.25, -0.2) is 4.57 Å². The number of phosphoric ester groups is 1. The molecule has 0 aliphatic carbocycles. The smallest absolute Gasteiger partial charge is 0.394 e. The molecule has 0 heterocycles. The summed E-state index contributed by atoms with van der Waals surface area (Å²) >= 11 is 0. The van der Waals surface area contributed by atoms with Crippen LogP contribution in [0.25, 0.3) is 0 Å². The molecule has 23 nitrogen and oxygen atoms in total. The highest BCUT2D eigenvalue weighted by Crippen LogP contribution is 2.35. The SMILES string of the molecule is C[C@H](CO)NC(=O)[C@H](C)NC(=O)[C@H](C)NC(=O)[C@H](CO)NC(=O)[C@H](C)NC(=O)[C@H](C)NC(=O)[C@H](COP(=O)(O)O)NC(=O)[C@H](C)NC(=O)[C@H](C)N. The molecule has 0 spiro atoms. The predicted molar refractivity (Wildman–Crippen MR) is 175 cm³/mol. The molecule has 0 fully saturated rings. The minimum Gasteiger partial charge on any atom is -0.394 e. The summed E-state index contributed by atoms with van der Waals surface area (Å²) < 4.78 is 15.5. The summed E-state index contributed by atoms with van der Waals surface area (Å²) in [7, 11) is -5.12. The number of hydrogen-bond acceptors (Lipinski definition) is 13. The summed E-state index contributed by atoms with van der Waals surface area (Å²) in [5, 5.41) is 36.8. The quantitative estimate of drug-likeness (QED) is 0.0484. The van der Waals surface area contributed by atoms with Crippen LogP contribution < -0.4 is 48.3 Å². The summed E-state index contributed by atoms with van der Waals surface area (Å²) in [5.74, 6) is -7.12. The first-order valence-corrected chi connectivity index (χ1v) is 17.1. The van der Waals surface area contributed by atoms with E-state index in [0.29, 0.717) is 0 Å². The maximum Gasteiger partial charge on any atom is 0.469 e. The third kappa shape index (κ3) is 18.0. The minimum atomic E-state index is -5.12. The van der Waals surface area contributed by atoms with Gasteiger partial charge in [0.2, 0.25) is 47.3 Å². The zero-order valence-electron chi connectivity index (χ0n) is 29.2. The van der Waals surface area contributed by atoms with E-state index in [0.717, 1.165) is 0 Å². The predicted octanol–water partition coefficient (Wildman–Crippen LogP) is -6.57. The summed E-state index contributed by atoms with van der Waals surface area (Å²) in [5.41, 5.74) is 5.44. The average Bonchev–Trinajstić information content (AvgIpc) is 3.03. The monoisotopic (exact) mass is 755 g/mol. The van der Waals surface area contributed by atoms with Gasteiger partial charge in [0, 0.05) is 6.04 Å². The van der Waals surface area contributed by atoms with E-state index in [-0.39, 0.29) is 6.61 Å². The molecular formula is C27H50N9O14P. The van der Waals surface area contributed by atoms with Gasteiger partial charge in [0.25, 0.3) is 0 Å². The lowest BCUT2D eigenvalue weighted by atomic mass is 10.2. The molecule has 8 amide bonds. The van der Waals surface area contributed by atoms with Crippen LogP contribution in [0.2, 0.25) is 0 Å². The molecule has 24 heteroatoms. The molecule has 14 N–H and O–H groups in total. The van der Waals surface area contributed by atoms with E-state index in [4.69, 9.17) is 20.6 Å². The zero-order valence-corrected chi connectivity index (χ0v) is 30.1. The van der Waals surface area contributed by atoms with E-state index in [1.807, 2.05) is 0 Å². The van der Waals surface area contributed by atoms with Crippen molar-refractivity contribution < 1.29 is 67.4 Å². The van der Waals surface area contributed by atoms with Gasteiger partial charge in [-0.3, -0.25) is 42.9 Å². The van der Waals surface area contributed by atoms with Crippen LogP contribution in [0.1, 0.15) is 48.5 Å². The fraction of sp³-hybridized carbons (Fsp3) is 0.704. The van der Waals surface area contributed by atoms with Gasteiger partial charge in [-0.1, -0.05) is 0 Å². The topological polar surface area (TPSA) is 366 Å². The summed E-state index contributed by atoms with van der Waals surface area (Å²) in [6.07, 6.45) is 0. The Morgan fingerprint density at radius 3 is 1.18 bits per heavy atom. The molecule has 0 aromatic rings. The summed E-state index contributed by atoms with van der Waals surface area (Å²) in [6.45, 7) is 6.84. The molecule has 0 aromatic carbocycles. The highest BCUT2D eigenvalue weighted by atomic mass is 31.2. The van der Waals surface area contributed by atoms with Gasteiger partial charge in [-0.2, -0.15) is 0 Å². The number of nitrogens with one attached hydrogen (secondary N) is 8. The first-order chi connectivity index (χ1) is 23.4. The van der Waals surface area contributed by atoms with E-state index >= 15 is 0 Å². The van der Waals surface area contributed by atoms with Crippen molar-refractivity contribution in [3.05, 3.63) is 0 Å². The average molecular weight is 756 g/mol. The molecule has 0 saturated heterocycles. The number of carbonyl (C=O) groups excluding carboxylic acids is 8. The largest absolute Gasteiger partial charge is 0.469 e. The molecule has 0 aliphatic rings. The third-order valence-corrected chi connectivity index (χ3v) is 7.18. The molecule has 0 unspecified atom stereocenters. The van der Waals surface area contributed by atoms with Crippen LogP contribution in [0, 0.1) is 0 Å². The van der Waals surface area contributed by atoms with Crippen molar-refractivity contribution in [2.24, 2.45) is 5.73 Å². The third-order valence-electron chi connectivity index (χ3n) is 6.69. The maximum atomic E-state index is 12.9. The van der Waals surface area contributed by atoms with Crippen LogP contribution in [0.5, 0.6) is 0 Å². The molecule has 9 atom stereocenters. The van der Waals surface area contributed by atoms with E-state index in [1.165, 1.54) is 48.5 Å². The van der Waals surface area contributed by atoms with Crippen molar-refractivity contribution >= 4 is 55.1 Å². The van der Waals surface area contributed by atoms with Gasteiger partial charge in [0.1, 0.15) is 42.3 Å². The number of nitrogens with two attached hydrogens (primary N) is 1. The van der Waals surface area contributed by atoms with Gasteiger partial charge in [-0.05, 0) is 48.5 Å². The van der Waals surface area contributed by atoms with Crippen LogP contribution >= 0.6 is 7.82 Å². The number of rotatable bonds is 21. The van der Waals surface area contributed by atoms with Crippen molar-refractivity contribution in [3.63, 3.8) is 0 Å². The highest BCUT2D eigenvalue weighted by molar-refractivity contribution is 7.46. The highest BCUT2D eigenvalue weighted by Gasteiger charge is 2.31. The van der Waals surface area contributed by atoms with Crippen LogP contribution in [0.4, 0.5) is 0 Å². The molecule has 0 aliphatic heterocycles. The van der Waals surface area contributed by atoms with Crippen molar-refractivity contribution in [2.45, 2.75) is 103 Å². The first-order valence-electron chi connectivity index (χ1n) is 15.5. The van der Waals surface area contributed by atoms with Crippen molar-refractivity contribution in [2.75, 3.05) is 19.8 Å². The number of amides is 8. The molecule has 51 heavy (non-hydrogen) atoms. The van der Waals surface area contributed by atoms with Crippen molar-refractivity contribution in [3.8, 4) is 0 Å². The Kier molecular flexibility index (Phi) is 20.0. The zero-order chi connectivity index (χ0) is 39.8. The number of aliphatic hydroxyl groups is 2. The van der Waals surface area contributed by atoms with E-state index in [1.54, 1.807) is 0 Å². The number of hydrogen-bond donors (Lipinski definition) is 13. The number of carbonyl (C=O) groups is 8. The van der Waals surface area contributed by atoms with Gasteiger partial charge >= 0.3 is 7.82 Å². The Morgan fingerprint density at radius 1 is 0.510 bits per heavy atom. The van der Waals surface area contributed by atoms with Gasteiger partial charge in [0.05, 0.1) is 25.9 Å². The van der Waals surface area contributed by atoms with Crippen LogP contribution in [0.15, 0.2) is 0 Å². The second kappa shape index (κ2) is 21.9. The summed E-state index contributed by atoms with van der Waals surface area (Å²) in [4.78, 5) is 118. The lowest BCUT2D eigenvalue weighted by molar-refractivity contribution is -0.135. The summed E-state index contributed by atoms with van der Waals surface area (Å²) in [6, 6.07) is -11.2. The van der Waals surface area contributed by atoms with Gasteiger partial charge in [0.15, 0.2) is 0 Å². The molecule has 0 bridgehead atoms. The van der Waals surface area contributed by atoms with E-state index in [9.17, 15) is 48.0 Å². The molecular weight excluding hydrogens is 705 g/mol. The lowest BCUT2D eigenvalue weighted by Crippen LogP contribution is -2.60. The van der Waals surface area contributed by atoms with Crippen molar-refractivity contribution in [1.82, 2.24) is 42.5 Å². The number of aliphatic hydroxyl groups excluding tert-OH is 2. The second-order valence-electron chi connectivity index (χ2n) is 11.6. The van der Waals surface area contributed by atoms with E-state index < -0.39 is 123 Å². The Balaban J connectivity index is 5.30. The Morgan fingerprint density at radius 2 is 0.824 bits per heavy atom. The first kappa shape index (κ1) is 46.8. The van der Waals surface area contributed by atoms with Gasteiger partial charge < -0.3 is 68.3 Å². The van der Waals surface area contributed by atoms with Gasteiger partial charge in [-0.15, -0.1) is 0 Å². The lowest BCUT2D eigenvalue weighted by Gasteiger charge is -2.24. The Labute approximate surface area is 293 Å². The van der Waals surface area contributed by atoms with Crippen LogP contribution in [0.3, 0.4) is 0 Å². The molecule has 292 valence electrons.